The summed E-state index contributed by atoms with van der Waals surface area (Å²) in [5.74, 6) is 0.848. The molecule has 0 saturated heterocycles. The largest absolute Gasteiger partial charge is 0.497 e. The Morgan fingerprint density at radius 1 is 1.21 bits per heavy atom. The van der Waals surface area contributed by atoms with Gasteiger partial charge in [-0.05, 0) is 68.3 Å². The molecule has 0 aliphatic rings. The third kappa shape index (κ3) is 5.37. The lowest BCUT2D eigenvalue weighted by atomic mass is 10.1. The van der Waals surface area contributed by atoms with Crippen LogP contribution in [0, 0.1) is 0 Å². The first-order valence-corrected chi connectivity index (χ1v) is 8.39. The van der Waals surface area contributed by atoms with E-state index in [4.69, 9.17) is 28.6 Å². The number of anilines is 1. The lowest BCUT2D eigenvalue weighted by Gasteiger charge is -2.26. The Hall–Kier alpha value is -1.82. The second-order valence-corrected chi connectivity index (χ2v) is 6.44. The van der Waals surface area contributed by atoms with Crippen molar-refractivity contribution in [2.24, 2.45) is 0 Å². The van der Waals surface area contributed by atoms with Gasteiger partial charge in [-0.2, -0.15) is 0 Å². The van der Waals surface area contributed by atoms with Crippen molar-refractivity contribution in [2.75, 3.05) is 33.1 Å². The van der Waals surface area contributed by atoms with Crippen molar-refractivity contribution in [1.82, 2.24) is 10.2 Å². The minimum Gasteiger partial charge on any atom is -0.497 e. The van der Waals surface area contributed by atoms with E-state index in [2.05, 4.69) is 21.6 Å². The highest BCUT2D eigenvalue weighted by Crippen LogP contribution is 2.22. The van der Waals surface area contributed by atoms with E-state index >= 15 is 0 Å². The summed E-state index contributed by atoms with van der Waals surface area (Å²) >= 11 is 11.3. The van der Waals surface area contributed by atoms with Crippen LogP contribution < -0.4 is 15.4 Å². The first kappa shape index (κ1) is 18.5. The first-order chi connectivity index (χ1) is 11.5. The maximum absolute atomic E-state index is 5.89. The predicted octanol–water partition coefficient (Wildman–Crippen LogP) is 3.94. The van der Waals surface area contributed by atoms with E-state index < -0.39 is 0 Å². The van der Waals surface area contributed by atoms with Crippen molar-refractivity contribution in [2.45, 2.75) is 6.04 Å². The van der Waals surface area contributed by atoms with Gasteiger partial charge < -0.3 is 20.3 Å². The molecular formula is C18H22ClN3OS. The molecule has 4 nitrogen and oxygen atoms in total. The summed E-state index contributed by atoms with van der Waals surface area (Å²) in [7, 11) is 5.76. The second kappa shape index (κ2) is 8.87. The molecule has 2 aromatic rings. The van der Waals surface area contributed by atoms with E-state index in [-0.39, 0.29) is 6.04 Å². The summed E-state index contributed by atoms with van der Waals surface area (Å²) in [6.45, 7) is 0.680. The fourth-order valence-electron chi connectivity index (χ4n) is 2.35. The summed E-state index contributed by atoms with van der Waals surface area (Å²) in [5, 5.41) is 7.70. The van der Waals surface area contributed by atoms with Crippen LogP contribution in [0.1, 0.15) is 11.6 Å². The lowest BCUT2D eigenvalue weighted by Crippen LogP contribution is -2.36. The van der Waals surface area contributed by atoms with Gasteiger partial charge in [0.05, 0.1) is 13.2 Å². The molecular weight excluding hydrogens is 342 g/mol. The second-order valence-electron chi connectivity index (χ2n) is 5.60. The molecule has 0 spiro atoms. The Kier molecular flexibility index (Phi) is 6.85. The number of likely N-dealkylation sites (N-methyl/N-ethyl adjacent to an activating group) is 1. The quantitative estimate of drug-likeness (QED) is 0.760. The van der Waals surface area contributed by atoms with Crippen LogP contribution in [0.2, 0.25) is 5.02 Å². The third-order valence-electron chi connectivity index (χ3n) is 3.66. The molecule has 6 heteroatoms. The Labute approximate surface area is 153 Å². The van der Waals surface area contributed by atoms with Crippen molar-refractivity contribution in [1.29, 1.82) is 0 Å². The average molecular weight is 364 g/mol. The van der Waals surface area contributed by atoms with E-state index in [0.29, 0.717) is 16.7 Å². The summed E-state index contributed by atoms with van der Waals surface area (Å²) in [6.07, 6.45) is 0. The molecule has 0 fully saturated rings. The van der Waals surface area contributed by atoms with Crippen molar-refractivity contribution in [3.8, 4) is 5.75 Å². The number of nitrogens with zero attached hydrogens (tertiary/aromatic N) is 1. The minimum atomic E-state index is 0.171. The average Bonchev–Trinajstić information content (AvgIpc) is 2.57. The van der Waals surface area contributed by atoms with Crippen LogP contribution in [-0.4, -0.2) is 37.8 Å². The third-order valence-corrected chi connectivity index (χ3v) is 4.16. The Morgan fingerprint density at radius 3 is 2.54 bits per heavy atom. The highest BCUT2D eigenvalue weighted by atomic mass is 35.5. The fraction of sp³-hybridized carbons (Fsp3) is 0.278. The maximum Gasteiger partial charge on any atom is 0.170 e. The molecule has 2 N–H and O–H groups in total. The summed E-state index contributed by atoms with van der Waals surface area (Å²) in [4.78, 5) is 2.15. The Morgan fingerprint density at radius 2 is 1.92 bits per heavy atom. The monoisotopic (exact) mass is 363 g/mol. The number of hydrogen-bond donors (Lipinski definition) is 2. The van der Waals surface area contributed by atoms with E-state index in [0.717, 1.165) is 11.4 Å². The van der Waals surface area contributed by atoms with Crippen molar-refractivity contribution in [3.05, 3.63) is 59.1 Å². The van der Waals surface area contributed by atoms with Gasteiger partial charge in [-0.3, -0.25) is 0 Å². The molecule has 0 unspecified atom stereocenters. The van der Waals surface area contributed by atoms with Gasteiger partial charge in [0.25, 0.3) is 0 Å². The van der Waals surface area contributed by atoms with Crippen molar-refractivity contribution < 1.29 is 4.74 Å². The van der Waals surface area contributed by atoms with Gasteiger partial charge in [0.2, 0.25) is 0 Å². The molecule has 0 aliphatic carbocycles. The lowest BCUT2D eigenvalue weighted by molar-refractivity contribution is 0.298. The van der Waals surface area contributed by atoms with E-state index in [9.17, 15) is 0 Å². The molecule has 128 valence electrons. The number of ether oxygens (including phenoxy) is 1. The van der Waals surface area contributed by atoms with Crippen LogP contribution in [0.5, 0.6) is 5.75 Å². The van der Waals surface area contributed by atoms with Gasteiger partial charge >= 0.3 is 0 Å². The minimum absolute atomic E-state index is 0.171. The van der Waals surface area contributed by atoms with E-state index in [1.807, 2.05) is 56.6 Å². The first-order valence-electron chi connectivity index (χ1n) is 7.60. The highest BCUT2D eigenvalue weighted by molar-refractivity contribution is 7.80. The topological polar surface area (TPSA) is 36.5 Å². The number of rotatable bonds is 6. The molecule has 0 heterocycles. The van der Waals surface area contributed by atoms with Crippen LogP contribution in [0.4, 0.5) is 5.69 Å². The van der Waals surface area contributed by atoms with Gasteiger partial charge in [0, 0.05) is 17.3 Å². The number of methoxy groups -OCH3 is 1. The van der Waals surface area contributed by atoms with Crippen LogP contribution in [0.15, 0.2) is 48.5 Å². The van der Waals surface area contributed by atoms with Crippen LogP contribution in [-0.2, 0) is 0 Å². The Bertz CT molecular complexity index is 676. The molecule has 0 bridgehead atoms. The van der Waals surface area contributed by atoms with Gasteiger partial charge in [-0.25, -0.2) is 0 Å². The zero-order valence-corrected chi connectivity index (χ0v) is 15.6. The normalized spacial score (nSPS) is 11.9. The molecule has 2 rings (SSSR count). The van der Waals surface area contributed by atoms with Gasteiger partial charge in [0.1, 0.15) is 5.75 Å². The maximum atomic E-state index is 5.89. The molecule has 2 aromatic carbocycles. The number of thiocarbonyl (C=S) groups is 1. The van der Waals surface area contributed by atoms with Crippen molar-refractivity contribution in [3.63, 3.8) is 0 Å². The molecule has 0 amide bonds. The smallest absolute Gasteiger partial charge is 0.170 e. The van der Waals surface area contributed by atoms with Gasteiger partial charge in [-0.1, -0.05) is 23.7 Å². The standard InChI is InChI=1S/C18H22ClN3OS/c1-22(2)17(13-5-4-6-16(11-13)23-3)12-20-18(24)21-15-9-7-14(19)8-10-15/h4-11,17H,12H2,1-3H3,(H2,20,21,24)/t17-/m0/s1. The molecule has 24 heavy (non-hydrogen) atoms. The summed E-state index contributed by atoms with van der Waals surface area (Å²) in [6, 6.07) is 15.7. The van der Waals surface area contributed by atoms with Crippen LogP contribution >= 0.6 is 23.8 Å². The molecule has 1 atom stereocenters. The highest BCUT2D eigenvalue weighted by Gasteiger charge is 2.15. The number of halogens is 1. The zero-order valence-electron chi connectivity index (χ0n) is 14.0. The number of benzene rings is 2. The molecule has 0 aromatic heterocycles. The number of hydrogen-bond acceptors (Lipinski definition) is 3. The fourth-order valence-corrected chi connectivity index (χ4v) is 2.67. The zero-order chi connectivity index (χ0) is 17.5. The van der Waals surface area contributed by atoms with Gasteiger partial charge in [-0.15, -0.1) is 0 Å². The molecule has 0 radical (unpaired) electrons. The molecule has 0 aliphatic heterocycles. The number of nitrogens with one attached hydrogen (secondary N) is 2. The van der Waals surface area contributed by atoms with Crippen LogP contribution in [0.3, 0.4) is 0 Å². The van der Waals surface area contributed by atoms with Crippen LogP contribution in [0.25, 0.3) is 0 Å². The molecule has 0 saturated carbocycles. The Balaban J connectivity index is 1.98. The van der Waals surface area contributed by atoms with E-state index in [1.54, 1.807) is 7.11 Å². The van der Waals surface area contributed by atoms with Crippen molar-refractivity contribution >= 4 is 34.6 Å². The predicted molar refractivity (Wildman–Crippen MR) is 105 cm³/mol. The summed E-state index contributed by atoms with van der Waals surface area (Å²) in [5.41, 5.74) is 2.07. The van der Waals surface area contributed by atoms with Gasteiger partial charge in [0.15, 0.2) is 5.11 Å². The SMILES string of the molecule is COc1cccc([C@H](CNC(=S)Nc2ccc(Cl)cc2)N(C)C)c1. The van der Waals surface area contributed by atoms with E-state index in [1.165, 1.54) is 5.56 Å². The summed E-state index contributed by atoms with van der Waals surface area (Å²) < 4.78 is 5.31.